The normalized spacial score (nSPS) is 12.2. The summed E-state index contributed by atoms with van der Waals surface area (Å²) < 4.78 is 7.96. The van der Waals surface area contributed by atoms with Gasteiger partial charge in [0.15, 0.2) is 10.7 Å². The van der Waals surface area contributed by atoms with E-state index in [0.29, 0.717) is 40.9 Å². The summed E-state index contributed by atoms with van der Waals surface area (Å²) in [5.41, 5.74) is 2.87. The van der Waals surface area contributed by atoms with Crippen LogP contribution in [0.3, 0.4) is 0 Å². The van der Waals surface area contributed by atoms with E-state index in [1.807, 2.05) is 24.3 Å². The molecule has 5 aromatic rings. The van der Waals surface area contributed by atoms with Gasteiger partial charge in [0.25, 0.3) is 5.56 Å². The van der Waals surface area contributed by atoms with E-state index in [9.17, 15) is 4.79 Å². The van der Waals surface area contributed by atoms with Crippen molar-refractivity contribution >= 4 is 79.8 Å². The molecule has 0 atom stereocenters. The average molecular weight is 522 g/mol. The van der Waals surface area contributed by atoms with Crippen molar-refractivity contribution in [1.29, 1.82) is 0 Å². The molecule has 3 aromatic carbocycles. The Morgan fingerprint density at radius 3 is 2.47 bits per heavy atom. The minimum Gasteiger partial charge on any atom is -0.486 e. The Morgan fingerprint density at radius 2 is 1.72 bits per heavy atom. The number of imidazole rings is 1. The maximum atomic E-state index is 12.9. The van der Waals surface area contributed by atoms with Crippen LogP contribution in [0, 0.1) is 0 Å². The van der Waals surface area contributed by atoms with Crippen LogP contribution >= 0.6 is 57.7 Å². The Kier molecular flexibility index (Phi) is 5.78. The molecule has 2 aromatic heterocycles. The molecule has 0 amide bonds. The fraction of sp³-hybridized carbons (Fsp3) is 0.0435. The van der Waals surface area contributed by atoms with Gasteiger partial charge < -0.3 is 4.74 Å². The van der Waals surface area contributed by atoms with E-state index in [2.05, 4.69) is 4.98 Å². The Balaban J connectivity index is 1.48. The van der Waals surface area contributed by atoms with Gasteiger partial charge in [-0.2, -0.15) is 0 Å². The molecule has 0 aliphatic carbocycles. The molecule has 9 heteroatoms. The van der Waals surface area contributed by atoms with E-state index in [-0.39, 0.29) is 12.2 Å². The molecule has 0 fully saturated rings. The SMILES string of the molecule is O=c1c(=Cc2cc(Cl)c(OCc3ccc(Cl)cc3Cl)c(Cl)c2)sc2nc3ccccc3n12. The lowest BCUT2D eigenvalue weighted by Crippen LogP contribution is -2.22. The molecule has 0 aliphatic rings. The lowest BCUT2D eigenvalue weighted by Gasteiger charge is -2.12. The highest BCUT2D eigenvalue weighted by molar-refractivity contribution is 7.15. The van der Waals surface area contributed by atoms with Gasteiger partial charge in [-0.15, -0.1) is 0 Å². The van der Waals surface area contributed by atoms with Gasteiger partial charge in [-0.05, 0) is 48.0 Å². The molecule has 2 heterocycles. The minimum absolute atomic E-state index is 0.136. The van der Waals surface area contributed by atoms with Gasteiger partial charge in [0, 0.05) is 15.6 Å². The fourth-order valence-corrected chi connectivity index (χ4v) is 5.42. The number of thiazole rings is 1. The van der Waals surface area contributed by atoms with Crippen molar-refractivity contribution in [3.63, 3.8) is 0 Å². The Bertz CT molecular complexity index is 1590. The predicted octanol–water partition coefficient (Wildman–Crippen LogP) is 6.65. The summed E-state index contributed by atoms with van der Waals surface area (Å²) in [6.45, 7) is 0.179. The topological polar surface area (TPSA) is 43.6 Å². The Hall–Kier alpha value is -2.28. The second kappa shape index (κ2) is 8.58. The summed E-state index contributed by atoms with van der Waals surface area (Å²) in [6, 6.07) is 16.1. The first-order valence-corrected chi connectivity index (χ1v) is 11.7. The van der Waals surface area contributed by atoms with Crippen molar-refractivity contribution in [3.05, 3.63) is 101 Å². The van der Waals surface area contributed by atoms with Crippen LogP contribution in [0.2, 0.25) is 20.1 Å². The lowest BCUT2D eigenvalue weighted by atomic mass is 10.2. The maximum absolute atomic E-state index is 12.9. The smallest absolute Gasteiger partial charge is 0.274 e. The minimum atomic E-state index is -0.136. The number of hydrogen-bond acceptors (Lipinski definition) is 4. The third-order valence-corrected chi connectivity index (χ3v) is 6.97. The Morgan fingerprint density at radius 1 is 0.969 bits per heavy atom. The van der Waals surface area contributed by atoms with Crippen molar-refractivity contribution in [2.75, 3.05) is 0 Å². The summed E-state index contributed by atoms with van der Waals surface area (Å²) in [6.07, 6.45) is 1.74. The van der Waals surface area contributed by atoms with Crippen LogP contribution in [0.5, 0.6) is 5.75 Å². The van der Waals surface area contributed by atoms with Crippen LogP contribution in [0.15, 0.2) is 59.4 Å². The number of hydrogen-bond donors (Lipinski definition) is 0. The maximum Gasteiger partial charge on any atom is 0.274 e. The van der Waals surface area contributed by atoms with Crippen LogP contribution < -0.4 is 14.8 Å². The van der Waals surface area contributed by atoms with Gasteiger partial charge in [-0.1, -0.05) is 75.9 Å². The van der Waals surface area contributed by atoms with Crippen molar-refractivity contribution in [2.45, 2.75) is 6.61 Å². The molecule has 0 N–H and O–H groups in total. The summed E-state index contributed by atoms with van der Waals surface area (Å²) in [5, 5.41) is 1.69. The number of nitrogens with zero attached hydrogens (tertiary/aromatic N) is 2. The second-order valence-electron chi connectivity index (χ2n) is 6.97. The number of fused-ring (bicyclic) bond motifs is 3. The fourth-order valence-electron chi connectivity index (χ4n) is 3.35. The Labute approximate surface area is 206 Å². The van der Waals surface area contributed by atoms with Gasteiger partial charge in [-0.25, -0.2) is 9.38 Å². The van der Waals surface area contributed by atoms with E-state index in [4.69, 9.17) is 51.1 Å². The van der Waals surface area contributed by atoms with Gasteiger partial charge in [0.1, 0.15) is 6.61 Å². The number of benzene rings is 3. The number of rotatable bonds is 4. The van der Waals surface area contributed by atoms with Crippen LogP contribution in [0.4, 0.5) is 0 Å². The average Bonchev–Trinajstić information content (AvgIpc) is 3.25. The van der Waals surface area contributed by atoms with Crippen molar-refractivity contribution in [2.24, 2.45) is 0 Å². The van der Waals surface area contributed by atoms with Crippen LogP contribution in [0.25, 0.3) is 22.1 Å². The summed E-state index contributed by atoms with van der Waals surface area (Å²) in [5.74, 6) is 0.339. The molecule has 0 aliphatic heterocycles. The van der Waals surface area contributed by atoms with E-state index in [1.165, 1.54) is 11.3 Å². The summed E-state index contributed by atoms with van der Waals surface area (Å²) in [4.78, 5) is 18.1. The zero-order valence-corrected chi connectivity index (χ0v) is 20.0. The quantitative estimate of drug-likeness (QED) is 0.266. The number of halogens is 4. The zero-order valence-electron chi connectivity index (χ0n) is 16.1. The van der Waals surface area contributed by atoms with E-state index < -0.39 is 0 Å². The van der Waals surface area contributed by atoms with Crippen molar-refractivity contribution in [1.82, 2.24) is 9.38 Å². The van der Waals surface area contributed by atoms with Gasteiger partial charge in [0.05, 0.1) is 25.6 Å². The molecule has 0 saturated carbocycles. The molecule has 160 valence electrons. The molecule has 0 spiro atoms. The highest BCUT2D eigenvalue weighted by Gasteiger charge is 2.13. The molecule has 0 radical (unpaired) electrons. The molecule has 0 saturated heterocycles. The third kappa shape index (κ3) is 3.96. The number of ether oxygens (including phenoxy) is 1. The van der Waals surface area contributed by atoms with Gasteiger partial charge in [0.2, 0.25) is 0 Å². The third-order valence-electron chi connectivity index (χ3n) is 4.85. The van der Waals surface area contributed by atoms with E-state index in [0.717, 1.165) is 16.6 Å². The van der Waals surface area contributed by atoms with Crippen LogP contribution in [0.1, 0.15) is 11.1 Å². The molecule has 4 nitrogen and oxygen atoms in total. The summed E-state index contributed by atoms with van der Waals surface area (Å²) in [7, 11) is 0. The van der Waals surface area contributed by atoms with E-state index >= 15 is 0 Å². The lowest BCUT2D eigenvalue weighted by molar-refractivity contribution is 0.306. The molecular weight excluding hydrogens is 510 g/mol. The second-order valence-corrected chi connectivity index (χ2v) is 9.64. The first-order chi connectivity index (χ1) is 15.4. The highest BCUT2D eigenvalue weighted by atomic mass is 35.5. The monoisotopic (exact) mass is 520 g/mol. The van der Waals surface area contributed by atoms with Crippen LogP contribution in [-0.2, 0) is 6.61 Å². The molecule has 32 heavy (non-hydrogen) atoms. The van der Waals surface area contributed by atoms with Crippen molar-refractivity contribution < 1.29 is 4.74 Å². The molecule has 0 bridgehead atoms. The summed E-state index contributed by atoms with van der Waals surface area (Å²) >= 11 is 26.3. The standard InChI is InChI=1S/C23H12Cl4N2O2S/c24-14-6-5-13(15(25)10-14)11-31-21-16(26)7-12(8-17(21)27)9-20-22(30)29-19-4-2-1-3-18(19)28-23(29)32-20/h1-10H,11H2. The first-order valence-electron chi connectivity index (χ1n) is 9.38. The van der Waals surface area contributed by atoms with Gasteiger partial charge >= 0.3 is 0 Å². The highest BCUT2D eigenvalue weighted by Crippen LogP contribution is 2.35. The van der Waals surface area contributed by atoms with E-state index in [1.54, 1.807) is 40.8 Å². The van der Waals surface area contributed by atoms with Crippen LogP contribution in [-0.4, -0.2) is 9.38 Å². The largest absolute Gasteiger partial charge is 0.486 e. The van der Waals surface area contributed by atoms with Crippen molar-refractivity contribution in [3.8, 4) is 5.75 Å². The number of para-hydroxylation sites is 2. The first kappa shape index (κ1) is 21.6. The zero-order chi connectivity index (χ0) is 22.4. The number of aromatic nitrogens is 2. The molecule has 0 unspecified atom stereocenters. The predicted molar refractivity (Wildman–Crippen MR) is 133 cm³/mol. The van der Waals surface area contributed by atoms with Gasteiger partial charge in [-0.3, -0.25) is 4.79 Å². The molecule has 5 rings (SSSR count). The molecular formula is C23H12Cl4N2O2S.